The first-order valence-corrected chi connectivity index (χ1v) is 9.49. The van der Waals surface area contributed by atoms with Gasteiger partial charge in [0, 0.05) is 19.2 Å². The van der Waals surface area contributed by atoms with E-state index in [9.17, 15) is 13.2 Å². The molecule has 1 aromatic heterocycles. The highest BCUT2D eigenvalue weighted by atomic mass is 32.2. The van der Waals surface area contributed by atoms with Crippen molar-refractivity contribution in [1.82, 2.24) is 4.98 Å². The lowest BCUT2D eigenvalue weighted by Gasteiger charge is -2.10. The van der Waals surface area contributed by atoms with Crippen LogP contribution in [0, 0.1) is 0 Å². The van der Waals surface area contributed by atoms with Gasteiger partial charge < -0.3 is 10.6 Å². The van der Waals surface area contributed by atoms with Gasteiger partial charge in [0.25, 0.3) is 10.0 Å². The Morgan fingerprint density at radius 3 is 2.32 bits per heavy atom. The second-order valence-electron chi connectivity index (χ2n) is 5.52. The number of carbonyl (C=O) groups is 1. The van der Waals surface area contributed by atoms with Crippen molar-refractivity contribution in [2.24, 2.45) is 0 Å². The molecule has 134 valence electrons. The number of aromatic nitrogens is 1. The Kier molecular flexibility index (Phi) is 6.35. The highest BCUT2D eigenvalue weighted by Gasteiger charge is 2.14. The van der Waals surface area contributed by atoms with Crippen LogP contribution in [-0.2, 0) is 14.8 Å². The fraction of sp³-hybridized carbons (Fsp3) is 0.294. The average molecular weight is 362 g/mol. The number of nitrogens with zero attached hydrogens (tertiary/aromatic N) is 1. The average Bonchev–Trinajstić information content (AvgIpc) is 2.56. The summed E-state index contributed by atoms with van der Waals surface area (Å²) in [6, 6.07) is 9.30. The molecule has 0 radical (unpaired) electrons. The van der Waals surface area contributed by atoms with Crippen LogP contribution in [0.2, 0.25) is 0 Å². The zero-order valence-corrected chi connectivity index (χ0v) is 15.1. The zero-order valence-electron chi connectivity index (χ0n) is 14.2. The van der Waals surface area contributed by atoms with Gasteiger partial charge in [0.15, 0.2) is 0 Å². The molecule has 0 spiro atoms. The van der Waals surface area contributed by atoms with Gasteiger partial charge in [0.05, 0.1) is 16.8 Å². The van der Waals surface area contributed by atoms with E-state index < -0.39 is 10.0 Å². The summed E-state index contributed by atoms with van der Waals surface area (Å²) in [5.74, 6) is 0.0255. The first-order valence-electron chi connectivity index (χ1n) is 8.01. The number of amides is 1. The maximum absolute atomic E-state index is 12.4. The van der Waals surface area contributed by atoms with Crippen molar-refractivity contribution in [1.29, 1.82) is 0 Å². The Hall–Kier alpha value is -2.61. The van der Waals surface area contributed by atoms with Crippen LogP contribution in [0.1, 0.15) is 26.7 Å². The van der Waals surface area contributed by atoms with E-state index in [1.165, 1.54) is 31.2 Å². The highest BCUT2D eigenvalue weighted by Crippen LogP contribution is 2.18. The number of anilines is 3. The van der Waals surface area contributed by atoms with Crippen molar-refractivity contribution in [2.45, 2.75) is 31.6 Å². The molecule has 0 fully saturated rings. The van der Waals surface area contributed by atoms with Crippen molar-refractivity contribution < 1.29 is 13.2 Å². The molecule has 0 aliphatic carbocycles. The zero-order chi connectivity index (χ0) is 18.3. The minimum atomic E-state index is -3.74. The van der Waals surface area contributed by atoms with Gasteiger partial charge in [-0.1, -0.05) is 13.3 Å². The normalized spacial score (nSPS) is 11.0. The van der Waals surface area contributed by atoms with Crippen LogP contribution >= 0.6 is 0 Å². The summed E-state index contributed by atoms with van der Waals surface area (Å²) in [5.41, 5.74) is 1.38. The second kappa shape index (κ2) is 8.48. The van der Waals surface area contributed by atoms with Crippen LogP contribution in [-0.4, -0.2) is 25.9 Å². The van der Waals surface area contributed by atoms with Crippen LogP contribution in [0.3, 0.4) is 0 Å². The van der Waals surface area contributed by atoms with Crippen LogP contribution < -0.4 is 15.4 Å². The van der Waals surface area contributed by atoms with E-state index in [0.29, 0.717) is 5.69 Å². The summed E-state index contributed by atoms with van der Waals surface area (Å²) in [4.78, 5) is 15.2. The van der Waals surface area contributed by atoms with Crippen molar-refractivity contribution in [2.75, 3.05) is 21.9 Å². The molecule has 0 saturated carbocycles. The molecular formula is C17H22N4O3S. The number of carbonyl (C=O) groups excluding carboxylic acids is 1. The number of sulfonamides is 1. The van der Waals surface area contributed by atoms with Crippen molar-refractivity contribution in [3.8, 4) is 0 Å². The van der Waals surface area contributed by atoms with Crippen molar-refractivity contribution in [3.05, 3.63) is 42.6 Å². The molecule has 2 rings (SSSR count). The molecule has 1 amide bonds. The predicted octanol–water partition coefficient (Wildman–Crippen LogP) is 3.05. The Morgan fingerprint density at radius 2 is 1.76 bits per heavy atom. The lowest BCUT2D eigenvalue weighted by Crippen LogP contribution is -2.14. The van der Waals surface area contributed by atoms with E-state index in [1.807, 2.05) is 0 Å². The number of unbranched alkanes of at least 4 members (excludes halogenated alkanes) is 1. The topological polar surface area (TPSA) is 100 Å². The van der Waals surface area contributed by atoms with Crippen LogP contribution in [0.15, 0.2) is 47.5 Å². The maximum atomic E-state index is 12.4. The summed E-state index contributed by atoms with van der Waals surface area (Å²) < 4.78 is 27.2. The van der Waals surface area contributed by atoms with Crippen LogP contribution in [0.4, 0.5) is 17.2 Å². The van der Waals surface area contributed by atoms with Gasteiger partial charge in [-0.25, -0.2) is 13.4 Å². The summed E-state index contributed by atoms with van der Waals surface area (Å²) in [7, 11) is -3.74. The summed E-state index contributed by atoms with van der Waals surface area (Å²) >= 11 is 0. The molecule has 3 N–H and O–H groups in total. The third-order valence-electron chi connectivity index (χ3n) is 3.35. The fourth-order valence-electron chi connectivity index (χ4n) is 2.09. The molecule has 7 nitrogen and oxygen atoms in total. The smallest absolute Gasteiger partial charge is 0.263 e. The first kappa shape index (κ1) is 18.7. The molecule has 8 heteroatoms. The minimum absolute atomic E-state index is 0.0912. The Labute approximate surface area is 147 Å². The van der Waals surface area contributed by atoms with Crippen LogP contribution in [0.25, 0.3) is 0 Å². The first-order chi connectivity index (χ1) is 11.9. The van der Waals surface area contributed by atoms with Gasteiger partial charge in [-0.2, -0.15) is 0 Å². The number of nitrogens with one attached hydrogen (secondary N) is 3. The van der Waals surface area contributed by atoms with Crippen molar-refractivity contribution in [3.63, 3.8) is 0 Å². The SMILES string of the molecule is CCCCNc1ccc(NS(=O)(=O)c2ccc(NC(C)=O)cc2)nc1. The molecule has 0 bridgehead atoms. The monoisotopic (exact) mass is 362 g/mol. The van der Waals surface area contributed by atoms with E-state index in [-0.39, 0.29) is 16.6 Å². The fourth-order valence-corrected chi connectivity index (χ4v) is 3.09. The number of hydrogen-bond donors (Lipinski definition) is 3. The number of benzene rings is 1. The molecule has 0 atom stereocenters. The van der Waals surface area contributed by atoms with Gasteiger partial charge in [-0.15, -0.1) is 0 Å². The van der Waals surface area contributed by atoms with E-state index in [0.717, 1.165) is 25.1 Å². The lowest BCUT2D eigenvalue weighted by molar-refractivity contribution is -0.114. The molecule has 0 unspecified atom stereocenters. The van der Waals surface area contributed by atoms with E-state index in [1.54, 1.807) is 18.3 Å². The Bertz CT molecular complexity index is 803. The van der Waals surface area contributed by atoms with E-state index >= 15 is 0 Å². The summed E-state index contributed by atoms with van der Waals surface area (Å²) in [6.45, 7) is 4.35. The number of pyridine rings is 1. The Balaban J connectivity index is 2.03. The molecular weight excluding hydrogens is 340 g/mol. The van der Waals surface area contributed by atoms with Gasteiger partial charge in [0.2, 0.25) is 5.91 Å². The third-order valence-corrected chi connectivity index (χ3v) is 4.72. The lowest BCUT2D eigenvalue weighted by atomic mass is 10.3. The summed E-state index contributed by atoms with van der Waals surface area (Å²) in [5, 5.41) is 5.80. The Morgan fingerprint density at radius 1 is 1.08 bits per heavy atom. The second-order valence-corrected chi connectivity index (χ2v) is 7.21. The predicted molar refractivity (Wildman–Crippen MR) is 99.2 cm³/mol. The molecule has 1 heterocycles. The number of rotatable bonds is 8. The molecule has 25 heavy (non-hydrogen) atoms. The highest BCUT2D eigenvalue weighted by molar-refractivity contribution is 7.92. The number of hydrogen-bond acceptors (Lipinski definition) is 5. The van der Waals surface area contributed by atoms with Gasteiger partial charge in [-0.05, 0) is 42.8 Å². The standard InChI is InChI=1S/C17H22N4O3S/c1-3-4-11-18-15-7-10-17(19-12-15)21-25(23,24)16-8-5-14(6-9-16)20-13(2)22/h5-10,12,18H,3-4,11H2,1-2H3,(H,19,21)(H,20,22). The third kappa shape index (κ3) is 5.75. The maximum Gasteiger partial charge on any atom is 0.263 e. The molecule has 2 aromatic rings. The molecule has 0 aliphatic heterocycles. The van der Waals surface area contributed by atoms with Crippen LogP contribution in [0.5, 0.6) is 0 Å². The van der Waals surface area contributed by atoms with E-state index in [4.69, 9.17) is 0 Å². The van der Waals surface area contributed by atoms with Gasteiger partial charge in [-0.3, -0.25) is 9.52 Å². The molecule has 0 saturated heterocycles. The molecule has 0 aliphatic rings. The molecule has 1 aromatic carbocycles. The minimum Gasteiger partial charge on any atom is -0.384 e. The van der Waals surface area contributed by atoms with Gasteiger partial charge >= 0.3 is 0 Å². The van der Waals surface area contributed by atoms with E-state index in [2.05, 4.69) is 27.3 Å². The quantitative estimate of drug-likeness (QED) is 0.627. The van der Waals surface area contributed by atoms with Gasteiger partial charge in [0.1, 0.15) is 5.82 Å². The largest absolute Gasteiger partial charge is 0.384 e. The van der Waals surface area contributed by atoms with Crippen molar-refractivity contribution >= 4 is 33.1 Å². The summed E-state index contributed by atoms with van der Waals surface area (Å²) in [6.07, 6.45) is 3.75.